The predicted molar refractivity (Wildman–Crippen MR) is 68.8 cm³/mol. The van der Waals surface area contributed by atoms with Gasteiger partial charge in [0.05, 0.1) is 10.7 Å². The molecule has 2 heterocycles. The van der Waals surface area contributed by atoms with Crippen molar-refractivity contribution in [3.8, 4) is 11.6 Å². The number of rotatable bonds is 3. The molecule has 0 atom stereocenters. The lowest BCUT2D eigenvalue weighted by Gasteiger charge is -2.05. The minimum Gasteiger partial charge on any atom is -0.461 e. The number of hydrogen-bond acceptors (Lipinski definition) is 3. The van der Waals surface area contributed by atoms with Crippen LogP contribution < -0.4 is 0 Å². The van der Waals surface area contributed by atoms with Gasteiger partial charge in [-0.15, -0.1) is 0 Å². The molecule has 2 rings (SSSR count). The topological polar surface area (TPSA) is 41.8 Å². The SMILES string of the molecule is CCCc1[nH]c(-c2ccco2)nc(=S)c1Br. The summed E-state index contributed by atoms with van der Waals surface area (Å²) in [6.07, 6.45) is 3.60. The van der Waals surface area contributed by atoms with E-state index >= 15 is 0 Å². The van der Waals surface area contributed by atoms with Crippen LogP contribution in [0.3, 0.4) is 0 Å². The highest BCUT2D eigenvalue weighted by atomic mass is 79.9. The van der Waals surface area contributed by atoms with Gasteiger partial charge in [-0.05, 0) is 34.5 Å². The van der Waals surface area contributed by atoms with Gasteiger partial charge >= 0.3 is 0 Å². The Labute approximate surface area is 107 Å². The number of aromatic nitrogens is 2. The third-order valence-corrected chi connectivity index (χ3v) is 3.60. The Morgan fingerprint density at radius 1 is 1.56 bits per heavy atom. The Bertz CT molecular complexity index is 533. The van der Waals surface area contributed by atoms with E-state index in [9.17, 15) is 0 Å². The van der Waals surface area contributed by atoms with Crippen molar-refractivity contribution in [3.05, 3.63) is 33.2 Å². The number of nitrogens with one attached hydrogen (secondary N) is 1. The normalized spacial score (nSPS) is 10.6. The second-order valence-corrected chi connectivity index (χ2v) is 4.59. The fraction of sp³-hybridized carbons (Fsp3) is 0.273. The van der Waals surface area contributed by atoms with Crippen LogP contribution in [0.2, 0.25) is 0 Å². The lowest BCUT2D eigenvalue weighted by atomic mass is 10.2. The van der Waals surface area contributed by atoms with Crippen molar-refractivity contribution in [1.29, 1.82) is 0 Å². The Kier molecular flexibility index (Phi) is 3.56. The van der Waals surface area contributed by atoms with Crippen molar-refractivity contribution in [3.63, 3.8) is 0 Å². The molecule has 2 aromatic heterocycles. The second-order valence-electron chi connectivity index (χ2n) is 3.41. The molecular weight excluding hydrogens is 288 g/mol. The number of furan rings is 1. The Hall–Kier alpha value is -0.940. The summed E-state index contributed by atoms with van der Waals surface area (Å²) in [6, 6.07) is 3.69. The number of nitrogens with zero attached hydrogens (tertiary/aromatic N) is 1. The van der Waals surface area contributed by atoms with Crippen LogP contribution in [-0.2, 0) is 6.42 Å². The smallest absolute Gasteiger partial charge is 0.175 e. The van der Waals surface area contributed by atoms with Gasteiger partial charge in [0.25, 0.3) is 0 Å². The van der Waals surface area contributed by atoms with E-state index in [4.69, 9.17) is 16.6 Å². The Morgan fingerprint density at radius 3 is 3.00 bits per heavy atom. The number of H-pyrrole nitrogens is 1. The summed E-state index contributed by atoms with van der Waals surface area (Å²) in [6.45, 7) is 2.12. The molecule has 0 bridgehead atoms. The summed E-state index contributed by atoms with van der Waals surface area (Å²) in [5, 5.41) is 0. The largest absolute Gasteiger partial charge is 0.461 e. The molecule has 84 valence electrons. The van der Waals surface area contributed by atoms with Gasteiger partial charge in [0.2, 0.25) is 0 Å². The van der Waals surface area contributed by atoms with Crippen LogP contribution in [-0.4, -0.2) is 9.97 Å². The molecule has 16 heavy (non-hydrogen) atoms. The first-order valence-corrected chi connectivity index (χ1v) is 6.25. The first kappa shape index (κ1) is 11.5. The molecule has 0 amide bonds. The van der Waals surface area contributed by atoms with Crippen molar-refractivity contribution in [2.24, 2.45) is 0 Å². The average Bonchev–Trinajstić information content (AvgIpc) is 2.78. The third kappa shape index (κ3) is 2.25. The molecule has 1 N–H and O–H groups in total. The van der Waals surface area contributed by atoms with Crippen molar-refractivity contribution in [1.82, 2.24) is 9.97 Å². The van der Waals surface area contributed by atoms with Gasteiger partial charge in [0, 0.05) is 5.69 Å². The molecule has 0 fully saturated rings. The molecule has 0 spiro atoms. The summed E-state index contributed by atoms with van der Waals surface area (Å²) in [5.41, 5.74) is 1.06. The van der Waals surface area contributed by atoms with E-state index in [0.29, 0.717) is 16.2 Å². The van der Waals surface area contributed by atoms with Crippen LogP contribution in [0.25, 0.3) is 11.6 Å². The van der Waals surface area contributed by atoms with Gasteiger partial charge in [-0.1, -0.05) is 25.6 Å². The fourth-order valence-electron chi connectivity index (χ4n) is 1.46. The quantitative estimate of drug-likeness (QED) is 0.867. The minimum absolute atomic E-state index is 0.564. The maximum absolute atomic E-state index is 5.29. The van der Waals surface area contributed by atoms with Gasteiger partial charge in [-0.2, -0.15) is 0 Å². The summed E-state index contributed by atoms with van der Waals surface area (Å²) >= 11 is 8.65. The molecule has 0 radical (unpaired) electrons. The zero-order valence-corrected chi connectivity index (χ0v) is 11.2. The Balaban J connectivity index is 2.53. The zero-order chi connectivity index (χ0) is 11.5. The average molecular weight is 299 g/mol. The molecule has 0 saturated carbocycles. The zero-order valence-electron chi connectivity index (χ0n) is 8.79. The number of halogens is 1. The monoisotopic (exact) mass is 298 g/mol. The predicted octanol–water partition coefficient (Wildman–Crippen LogP) is 4.11. The first-order chi connectivity index (χ1) is 7.72. The molecule has 0 aliphatic carbocycles. The van der Waals surface area contributed by atoms with Crippen LogP contribution in [0.5, 0.6) is 0 Å². The molecule has 3 nitrogen and oxygen atoms in total. The minimum atomic E-state index is 0.564. The second kappa shape index (κ2) is 4.93. The maximum Gasteiger partial charge on any atom is 0.175 e. The molecule has 0 aliphatic rings. The van der Waals surface area contributed by atoms with Crippen LogP contribution in [0.4, 0.5) is 0 Å². The first-order valence-electron chi connectivity index (χ1n) is 5.05. The molecule has 0 aliphatic heterocycles. The summed E-state index contributed by atoms with van der Waals surface area (Å²) in [5.74, 6) is 1.39. The molecular formula is C11H11BrN2OS. The van der Waals surface area contributed by atoms with Crippen molar-refractivity contribution in [2.45, 2.75) is 19.8 Å². The van der Waals surface area contributed by atoms with E-state index in [1.165, 1.54) is 0 Å². The van der Waals surface area contributed by atoms with Gasteiger partial charge in [-0.25, -0.2) is 4.98 Å². The maximum atomic E-state index is 5.29. The van der Waals surface area contributed by atoms with E-state index in [1.807, 2.05) is 12.1 Å². The number of aromatic amines is 1. The molecule has 0 aromatic carbocycles. The summed E-state index contributed by atoms with van der Waals surface area (Å²) < 4.78 is 6.73. The number of aryl methyl sites for hydroxylation is 1. The van der Waals surface area contributed by atoms with Crippen molar-refractivity contribution >= 4 is 28.1 Å². The van der Waals surface area contributed by atoms with Gasteiger partial charge in [0.15, 0.2) is 11.6 Å². The van der Waals surface area contributed by atoms with Crippen LogP contribution >= 0.6 is 28.1 Å². The van der Waals surface area contributed by atoms with E-state index < -0.39 is 0 Å². The van der Waals surface area contributed by atoms with Crippen LogP contribution in [0, 0.1) is 4.64 Å². The van der Waals surface area contributed by atoms with Crippen molar-refractivity contribution < 1.29 is 4.42 Å². The molecule has 0 unspecified atom stereocenters. The molecule has 0 saturated heterocycles. The van der Waals surface area contributed by atoms with Gasteiger partial charge in [0.1, 0.15) is 4.64 Å². The van der Waals surface area contributed by atoms with E-state index in [-0.39, 0.29) is 0 Å². The Morgan fingerprint density at radius 2 is 2.38 bits per heavy atom. The van der Waals surface area contributed by atoms with E-state index in [0.717, 1.165) is 23.0 Å². The highest BCUT2D eigenvalue weighted by Crippen LogP contribution is 2.22. The molecule has 2 aromatic rings. The van der Waals surface area contributed by atoms with E-state index in [1.54, 1.807) is 6.26 Å². The highest BCUT2D eigenvalue weighted by Gasteiger charge is 2.08. The lowest BCUT2D eigenvalue weighted by Crippen LogP contribution is -1.97. The third-order valence-electron chi connectivity index (χ3n) is 2.19. The van der Waals surface area contributed by atoms with Gasteiger partial charge < -0.3 is 9.40 Å². The summed E-state index contributed by atoms with van der Waals surface area (Å²) in [4.78, 5) is 7.52. The molecule has 5 heteroatoms. The van der Waals surface area contributed by atoms with Crippen LogP contribution in [0.15, 0.2) is 27.3 Å². The highest BCUT2D eigenvalue weighted by molar-refractivity contribution is 9.10. The fourth-order valence-corrected chi connectivity index (χ4v) is 2.06. The van der Waals surface area contributed by atoms with Crippen molar-refractivity contribution in [2.75, 3.05) is 0 Å². The van der Waals surface area contributed by atoms with Crippen LogP contribution in [0.1, 0.15) is 19.0 Å². The lowest BCUT2D eigenvalue weighted by molar-refractivity contribution is 0.576. The van der Waals surface area contributed by atoms with E-state index in [2.05, 4.69) is 32.8 Å². The number of hydrogen-bond donors (Lipinski definition) is 1. The summed E-state index contributed by atoms with van der Waals surface area (Å²) in [7, 11) is 0. The standard InChI is InChI=1S/C11H11BrN2OS/c1-2-4-7-9(12)11(16)14-10(13-7)8-5-3-6-15-8/h3,5-6H,2,4H2,1H3,(H,13,14,16). The van der Waals surface area contributed by atoms with Gasteiger partial charge in [-0.3, -0.25) is 0 Å².